The van der Waals surface area contributed by atoms with Gasteiger partial charge in [-0.15, -0.1) is 0 Å². The fourth-order valence-corrected chi connectivity index (χ4v) is 13.6. The van der Waals surface area contributed by atoms with Gasteiger partial charge in [-0.1, -0.05) is 67.0 Å². The van der Waals surface area contributed by atoms with Crippen molar-refractivity contribution < 1.29 is 24.6 Å². The van der Waals surface area contributed by atoms with Crippen molar-refractivity contribution >= 4 is 17.8 Å². The number of aliphatic hydroxyl groups excluding tert-OH is 1. The predicted molar refractivity (Wildman–Crippen MR) is 202 cm³/mol. The maximum atomic E-state index is 14.3. The van der Waals surface area contributed by atoms with Gasteiger partial charge in [0, 0.05) is 24.6 Å². The highest BCUT2D eigenvalue weighted by Gasteiger charge is 2.67. The zero-order valence-electron chi connectivity index (χ0n) is 32.7. The van der Waals surface area contributed by atoms with Gasteiger partial charge in [0.1, 0.15) is 0 Å². The van der Waals surface area contributed by atoms with Gasteiger partial charge in [-0.3, -0.25) is 14.4 Å². The van der Waals surface area contributed by atoms with E-state index in [0.717, 1.165) is 50.5 Å². The number of hydrogen-bond acceptors (Lipinski definition) is 4. The minimum Gasteiger partial charge on any atom is -0.481 e. The fourth-order valence-electron chi connectivity index (χ4n) is 13.6. The summed E-state index contributed by atoms with van der Waals surface area (Å²) >= 11 is 0. The van der Waals surface area contributed by atoms with Gasteiger partial charge < -0.3 is 20.8 Å². The van der Waals surface area contributed by atoms with E-state index in [1.165, 1.54) is 32.1 Å². The van der Waals surface area contributed by atoms with Crippen molar-refractivity contribution in [2.45, 2.75) is 151 Å². The van der Waals surface area contributed by atoms with E-state index in [-0.39, 0.29) is 52.5 Å². The molecule has 0 saturated heterocycles. The number of carbonyl (C=O) groups excluding carboxylic acids is 2. The van der Waals surface area contributed by atoms with E-state index >= 15 is 0 Å². The Morgan fingerprint density at radius 2 is 1.61 bits per heavy atom. The molecule has 11 unspecified atom stereocenters. The molecule has 51 heavy (non-hydrogen) atoms. The Labute approximate surface area is 307 Å². The number of benzene rings is 1. The molecule has 1 aromatic carbocycles. The molecule has 0 bridgehead atoms. The van der Waals surface area contributed by atoms with E-state index in [1.54, 1.807) is 0 Å². The zero-order valence-corrected chi connectivity index (χ0v) is 32.7. The van der Waals surface area contributed by atoms with Crippen LogP contribution in [-0.4, -0.2) is 46.7 Å². The van der Waals surface area contributed by atoms with Crippen LogP contribution in [0.1, 0.15) is 148 Å². The van der Waals surface area contributed by atoms with E-state index in [9.17, 15) is 24.6 Å². The molecular weight excluding hydrogens is 636 g/mol. The normalized spacial score (nSPS) is 38.0. The molecule has 0 heterocycles. The number of carbonyl (C=O) groups is 3. The molecule has 0 spiro atoms. The Balaban J connectivity index is 1.08. The van der Waals surface area contributed by atoms with Crippen LogP contribution < -0.4 is 10.6 Å². The summed E-state index contributed by atoms with van der Waals surface area (Å²) in [4.78, 5) is 38.9. The summed E-state index contributed by atoms with van der Waals surface area (Å²) in [7, 11) is 0. The van der Waals surface area contributed by atoms with E-state index < -0.39 is 5.97 Å². The number of carboxylic acids is 1. The summed E-state index contributed by atoms with van der Waals surface area (Å²) < 4.78 is 0. The van der Waals surface area contributed by atoms with Crippen LogP contribution >= 0.6 is 0 Å². The lowest BCUT2D eigenvalue weighted by Crippen LogP contribution is -2.63. The minimum atomic E-state index is -0.852. The van der Waals surface area contributed by atoms with Gasteiger partial charge in [-0.25, -0.2) is 0 Å². The first-order chi connectivity index (χ1) is 24.0. The number of carboxylic acid groups (broad SMARTS) is 1. The van der Waals surface area contributed by atoms with Gasteiger partial charge in [-0.2, -0.15) is 0 Å². The Kier molecular flexibility index (Phi) is 10.8. The summed E-state index contributed by atoms with van der Waals surface area (Å²) in [5.74, 6) is 2.45. The fraction of sp³-hybridized carbons (Fsp3) is 0.795. The summed E-state index contributed by atoms with van der Waals surface area (Å²) in [6.45, 7) is 16.5. The maximum Gasteiger partial charge on any atom is 0.303 e. The third-order valence-electron chi connectivity index (χ3n) is 16.1. The van der Waals surface area contributed by atoms with Crippen molar-refractivity contribution in [2.75, 3.05) is 6.54 Å². The molecule has 5 aliphatic carbocycles. The van der Waals surface area contributed by atoms with Gasteiger partial charge >= 0.3 is 5.97 Å². The molecule has 4 N–H and O–H groups in total. The van der Waals surface area contributed by atoms with Gasteiger partial charge in [0.2, 0.25) is 5.91 Å². The first-order valence-electron chi connectivity index (χ1n) is 20.6. The molecule has 11 atom stereocenters. The van der Waals surface area contributed by atoms with Crippen LogP contribution in [0, 0.1) is 63.1 Å². The first-order valence-corrected chi connectivity index (χ1v) is 20.6. The third kappa shape index (κ3) is 6.92. The van der Waals surface area contributed by atoms with E-state index in [4.69, 9.17) is 0 Å². The molecule has 6 rings (SSSR count). The average molecular weight is 705 g/mol. The molecule has 284 valence electrons. The van der Waals surface area contributed by atoms with Crippen molar-refractivity contribution in [2.24, 2.45) is 63.1 Å². The van der Waals surface area contributed by atoms with Gasteiger partial charge in [-0.05, 0) is 152 Å². The van der Waals surface area contributed by atoms with Gasteiger partial charge in [0.25, 0.3) is 5.91 Å². The third-order valence-corrected chi connectivity index (χ3v) is 16.1. The lowest BCUT2D eigenvalue weighted by atomic mass is 9.36. The maximum absolute atomic E-state index is 14.3. The number of amides is 2. The molecule has 1 aromatic rings. The average Bonchev–Trinajstić information content (AvgIpc) is 3.52. The zero-order chi connectivity index (χ0) is 36.9. The first kappa shape index (κ1) is 38.3. The van der Waals surface area contributed by atoms with Crippen molar-refractivity contribution in [3.05, 3.63) is 35.4 Å². The van der Waals surface area contributed by atoms with Crippen molar-refractivity contribution in [3.8, 4) is 0 Å². The Hall–Kier alpha value is -2.41. The van der Waals surface area contributed by atoms with Crippen molar-refractivity contribution in [3.63, 3.8) is 0 Å². The van der Waals surface area contributed by atoms with Gasteiger partial charge in [0.15, 0.2) is 0 Å². The standard InChI is InChI=1S/C44H68N2O5/c1-27(2)24-34(28(3)25-38(48)49)46-39(50)30-11-8-10-29(26-30)18-23-45-40(51)44-19-9-12-33(44)31-13-14-36-42(6,32(31)15-22-44)20-16-35-41(4,5)37(47)17-21-43(35,36)7/h8,10-11,26-28,31-37,47H,9,12-25H2,1-7H3,(H,45,51)(H,46,50)(H,48,49). The highest BCUT2D eigenvalue weighted by molar-refractivity contribution is 5.94. The monoisotopic (exact) mass is 705 g/mol. The highest BCUT2D eigenvalue weighted by atomic mass is 16.4. The van der Waals surface area contributed by atoms with E-state index in [1.807, 2.05) is 31.2 Å². The largest absolute Gasteiger partial charge is 0.481 e. The Bertz CT molecular complexity index is 1460. The molecule has 5 saturated carbocycles. The van der Waals surface area contributed by atoms with E-state index in [2.05, 4.69) is 52.2 Å². The lowest BCUT2D eigenvalue weighted by Gasteiger charge is -2.69. The second-order valence-electron chi connectivity index (χ2n) is 19.6. The number of nitrogens with one attached hydrogen (secondary N) is 2. The van der Waals surface area contributed by atoms with Crippen LogP contribution in [-0.2, 0) is 16.0 Å². The number of hydrogen-bond donors (Lipinski definition) is 4. The Morgan fingerprint density at radius 1 is 0.863 bits per heavy atom. The lowest BCUT2D eigenvalue weighted by molar-refractivity contribution is -0.214. The molecular formula is C44H68N2O5. The van der Waals surface area contributed by atoms with Crippen LogP contribution in [0.15, 0.2) is 24.3 Å². The molecule has 5 aliphatic rings. The molecule has 0 radical (unpaired) electrons. The molecule has 7 heteroatoms. The Morgan fingerprint density at radius 3 is 2.33 bits per heavy atom. The molecule has 7 nitrogen and oxygen atoms in total. The van der Waals surface area contributed by atoms with Crippen LogP contribution in [0.4, 0.5) is 0 Å². The van der Waals surface area contributed by atoms with Crippen LogP contribution in [0.25, 0.3) is 0 Å². The number of fused-ring (bicyclic) bond motifs is 7. The topological polar surface area (TPSA) is 116 Å². The van der Waals surface area contributed by atoms with Crippen LogP contribution in [0.5, 0.6) is 0 Å². The molecule has 0 aromatic heterocycles. The number of aliphatic carboxylic acids is 1. The predicted octanol–water partition coefficient (Wildman–Crippen LogP) is 8.43. The second kappa shape index (κ2) is 14.4. The van der Waals surface area contributed by atoms with Crippen LogP contribution in [0.2, 0.25) is 0 Å². The second-order valence-corrected chi connectivity index (χ2v) is 19.6. The smallest absolute Gasteiger partial charge is 0.303 e. The summed E-state index contributed by atoms with van der Waals surface area (Å²) in [6, 6.07) is 7.44. The molecule has 2 amide bonds. The van der Waals surface area contributed by atoms with Crippen LogP contribution in [0.3, 0.4) is 0 Å². The van der Waals surface area contributed by atoms with Gasteiger partial charge in [0.05, 0.1) is 11.5 Å². The van der Waals surface area contributed by atoms with E-state index in [0.29, 0.717) is 59.5 Å². The molecule has 5 fully saturated rings. The quantitative estimate of drug-likeness (QED) is 0.185. The van der Waals surface area contributed by atoms with Crippen molar-refractivity contribution in [1.82, 2.24) is 10.6 Å². The summed E-state index contributed by atoms with van der Waals surface area (Å²) in [6.07, 6.45) is 13.8. The SMILES string of the molecule is CC(C)CC(NC(=O)c1cccc(CCNC(=O)C23CCCC2C2CCC4C(C)(CCC5C(C)(C)C(O)CCC54C)C2CC3)c1)C(C)CC(=O)O. The van der Waals surface area contributed by atoms with Crippen molar-refractivity contribution in [1.29, 1.82) is 0 Å². The number of aliphatic hydroxyl groups is 1. The number of rotatable bonds is 11. The summed E-state index contributed by atoms with van der Waals surface area (Å²) in [5.41, 5.74) is 1.92. The molecule has 0 aliphatic heterocycles. The summed E-state index contributed by atoms with van der Waals surface area (Å²) in [5, 5.41) is 26.8. The minimum absolute atomic E-state index is 0.0190. The highest BCUT2D eigenvalue weighted by Crippen LogP contribution is 2.73.